The molecular formula is C10H19N3O3. The maximum Gasteiger partial charge on any atom is 0.239 e. The molecule has 0 spiro atoms. The number of Topliss-reactive ketones (excluding diaryl/α,β-unsaturated/α-hetero) is 1. The monoisotopic (exact) mass is 229 g/mol. The van der Waals surface area contributed by atoms with E-state index in [4.69, 9.17) is 0 Å². The topological polar surface area (TPSA) is 87.3 Å². The Morgan fingerprint density at radius 1 is 1.38 bits per heavy atom. The number of carbonyl (C=O) groups is 3. The van der Waals surface area contributed by atoms with E-state index in [1.807, 2.05) is 7.05 Å². The molecule has 0 radical (unpaired) electrons. The molecule has 0 aliphatic rings. The maximum atomic E-state index is 11.2. The van der Waals surface area contributed by atoms with Crippen molar-refractivity contribution in [1.29, 1.82) is 0 Å². The van der Waals surface area contributed by atoms with Gasteiger partial charge in [0.2, 0.25) is 12.3 Å². The van der Waals surface area contributed by atoms with E-state index in [0.29, 0.717) is 12.8 Å². The molecule has 6 nitrogen and oxygen atoms in total. The first-order chi connectivity index (χ1) is 7.61. The van der Waals surface area contributed by atoms with Crippen molar-refractivity contribution in [2.45, 2.75) is 25.8 Å². The van der Waals surface area contributed by atoms with Crippen LogP contribution in [0.2, 0.25) is 0 Å². The second-order valence-corrected chi connectivity index (χ2v) is 3.48. The summed E-state index contributed by atoms with van der Waals surface area (Å²) in [5.41, 5.74) is 0. The molecule has 0 fully saturated rings. The van der Waals surface area contributed by atoms with Crippen molar-refractivity contribution in [2.75, 3.05) is 20.1 Å². The molecule has 0 saturated carbocycles. The van der Waals surface area contributed by atoms with Gasteiger partial charge in [-0.15, -0.1) is 0 Å². The summed E-state index contributed by atoms with van der Waals surface area (Å²) >= 11 is 0. The first-order valence-electron chi connectivity index (χ1n) is 5.23. The quantitative estimate of drug-likeness (QED) is 0.342. The Labute approximate surface area is 95.2 Å². The lowest BCUT2D eigenvalue weighted by atomic mass is 10.1. The van der Waals surface area contributed by atoms with Crippen LogP contribution < -0.4 is 16.0 Å². The zero-order valence-electron chi connectivity index (χ0n) is 9.71. The van der Waals surface area contributed by atoms with E-state index in [9.17, 15) is 14.4 Å². The van der Waals surface area contributed by atoms with Crippen LogP contribution >= 0.6 is 0 Å². The van der Waals surface area contributed by atoms with Crippen LogP contribution in [-0.4, -0.2) is 44.3 Å². The molecule has 0 aliphatic carbocycles. The van der Waals surface area contributed by atoms with Gasteiger partial charge in [-0.25, -0.2) is 0 Å². The summed E-state index contributed by atoms with van der Waals surface area (Å²) < 4.78 is 0. The van der Waals surface area contributed by atoms with E-state index in [1.54, 1.807) is 0 Å². The Balaban J connectivity index is 3.96. The summed E-state index contributed by atoms with van der Waals surface area (Å²) in [5.74, 6) is -0.424. The third-order valence-corrected chi connectivity index (χ3v) is 2.09. The minimum absolute atomic E-state index is 0.0736. The van der Waals surface area contributed by atoms with Crippen molar-refractivity contribution in [1.82, 2.24) is 16.0 Å². The predicted octanol–water partition coefficient (Wildman–Crippen LogP) is -1.19. The molecule has 16 heavy (non-hydrogen) atoms. The smallest absolute Gasteiger partial charge is 0.239 e. The van der Waals surface area contributed by atoms with Crippen LogP contribution in [0, 0.1) is 0 Å². The van der Waals surface area contributed by atoms with Gasteiger partial charge in [0, 0.05) is 0 Å². The molecule has 3 N–H and O–H groups in total. The van der Waals surface area contributed by atoms with Crippen LogP contribution in [0.15, 0.2) is 0 Å². The zero-order chi connectivity index (χ0) is 12.4. The maximum absolute atomic E-state index is 11.2. The van der Waals surface area contributed by atoms with Gasteiger partial charge >= 0.3 is 0 Å². The van der Waals surface area contributed by atoms with Crippen LogP contribution in [0.3, 0.4) is 0 Å². The average molecular weight is 229 g/mol. The van der Waals surface area contributed by atoms with Gasteiger partial charge in [0.15, 0.2) is 5.78 Å². The molecule has 0 aromatic rings. The van der Waals surface area contributed by atoms with Gasteiger partial charge in [-0.05, 0) is 33.4 Å². The Hall–Kier alpha value is -1.43. The Morgan fingerprint density at radius 3 is 2.56 bits per heavy atom. The highest BCUT2D eigenvalue weighted by Crippen LogP contribution is 1.97. The van der Waals surface area contributed by atoms with Crippen molar-refractivity contribution < 1.29 is 14.4 Å². The fraction of sp³-hybridized carbons (Fsp3) is 0.700. The summed E-state index contributed by atoms with van der Waals surface area (Å²) in [5, 5.41) is 7.78. The molecule has 0 aromatic heterocycles. The molecular weight excluding hydrogens is 210 g/mol. The average Bonchev–Trinajstić information content (AvgIpc) is 2.25. The standard InChI is InChI=1S/C10H19N3O3/c1-8(15)9(4-3-5-11-2)13-10(16)6-12-7-14/h7,9,11H,3-6H2,1-2H3,(H,12,14)(H,13,16). The zero-order valence-corrected chi connectivity index (χ0v) is 9.71. The lowest BCUT2D eigenvalue weighted by molar-refractivity contribution is -0.127. The van der Waals surface area contributed by atoms with Crippen LogP contribution in [0.4, 0.5) is 0 Å². The van der Waals surface area contributed by atoms with Gasteiger partial charge in [0.1, 0.15) is 0 Å². The summed E-state index contributed by atoms with van der Waals surface area (Å²) in [6.45, 7) is 2.14. The van der Waals surface area contributed by atoms with E-state index >= 15 is 0 Å². The lowest BCUT2D eigenvalue weighted by Gasteiger charge is -2.15. The highest BCUT2D eigenvalue weighted by atomic mass is 16.2. The fourth-order valence-electron chi connectivity index (χ4n) is 1.24. The molecule has 0 rings (SSSR count). The SMILES string of the molecule is CNCCCC(NC(=O)CNC=O)C(C)=O. The third-order valence-electron chi connectivity index (χ3n) is 2.09. The van der Waals surface area contributed by atoms with Crippen molar-refractivity contribution in [3.8, 4) is 0 Å². The second-order valence-electron chi connectivity index (χ2n) is 3.48. The summed E-state index contributed by atoms with van der Waals surface area (Å²) in [4.78, 5) is 32.4. The van der Waals surface area contributed by atoms with Crippen LogP contribution in [0.5, 0.6) is 0 Å². The highest BCUT2D eigenvalue weighted by Gasteiger charge is 2.15. The summed E-state index contributed by atoms with van der Waals surface area (Å²) in [6.07, 6.45) is 1.86. The number of hydrogen-bond acceptors (Lipinski definition) is 4. The van der Waals surface area contributed by atoms with E-state index in [-0.39, 0.29) is 18.2 Å². The molecule has 6 heteroatoms. The number of rotatable bonds is 9. The second kappa shape index (κ2) is 8.84. The Morgan fingerprint density at radius 2 is 2.06 bits per heavy atom. The van der Waals surface area contributed by atoms with Crippen molar-refractivity contribution in [2.24, 2.45) is 0 Å². The summed E-state index contributed by atoms with van der Waals surface area (Å²) in [6, 6.07) is -0.464. The van der Waals surface area contributed by atoms with Gasteiger partial charge in [-0.2, -0.15) is 0 Å². The molecule has 0 aromatic carbocycles. The lowest BCUT2D eigenvalue weighted by Crippen LogP contribution is -2.43. The van der Waals surface area contributed by atoms with E-state index in [2.05, 4.69) is 16.0 Å². The first-order valence-corrected chi connectivity index (χ1v) is 5.23. The van der Waals surface area contributed by atoms with Crippen molar-refractivity contribution in [3.63, 3.8) is 0 Å². The Kier molecular flexibility index (Phi) is 8.05. The summed E-state index contributed by atoms with van der Waals surface area (Å²) in [7, 11) is 1.83. The molecule has 2 amide bonds. The van der Waals surface area contributed by atoms with Gasteiger partial charge < -0.3 is 16.0 Å². The highest BCUT2D eigenvalue weighted by molar-refractivity contribution is 5.88. The van der Waals surface area contributed by atoms with Crippen LogP contribution in [0.1, 0.15) is 19.8 Å². The van der Waals surface area contributed by atoms with Gasteiger partial charge in [-0.3, -0.25) is 14.4 Å². The van der Waals surface area contributed by atoms with Crippen molar-refractivity contribution >= 4 is 18.1 Å². The van der Waals surface area contributed by atoms with Gasteiger partial charge in [0.25, 0.3) is 0 Å². The molecule has 0 aliphatic heterocycles. The van der Waals surface area contributed by atoms with Crippen LogP contribution in [0.25, 0.3) is 0 Å². The number of carbonyl (C=O) groups excluding carboxylic acids is 3. The molecule has 0 heterocycles. The van der Waals surface area contributed by atoms with E-state index < -0.39 is 6.04 Å². The normalized spacial score (nSPS) is 11.6. The molecule has 0 saturated heterocycles. The largest absolute Gasteiger partial charge is 0.350 e. The molecule has 1 unspecified atom stereocenters. The van der Waals surface area contributed by atoms with Crippen molar-refractivity contribution in [3.05, 3.63) is 0 Å². The number of nitrogens with one attached hydrogen (secondary N) is 3. The third kappa shape index (κ3) is 6.94. The predicted molar refractivity (Wildman–Crippen MR) is 59.8 cm³/mol. The van der Waals surface area contributed by atoms with Gasteiger partial charge in [0.05, 0.1) is 12.6 Å². The minimum Gasteiger partial charge on any atom is -0.350 e. The molecule has 1 atom stereocenters. The first kappa shape index (κ1) is 14.6. The van der Waals surface area contributed by atoms with E-state index in [1.165, 1.54) is 6.92 Å². The molecule has 92 valence electrons. The number of hydrogen-bond donors (Lipinski definition) is 3. The fourth-order valence-corrected chi connectivity index (χ4v) is 1.24. The number of amides is 2. The van der Waals surface area contributed by atoms with E-state index in [0.717, 1.165) is 13.0 Å². The van der Waals surface area contributed by atoms with Gasteiger partial charge in [-0.1, -0.05) is 0 Å². The minimum atomic E-state index is -0.464. The Bertz CT molecular complexity index is 243. The number of ketones is 1. The van der Waals surface area contributed by atoms with Crippen LogP contribution in [-0.2, 0) is 14.4 Å². The molecule has 0 bridgehead atoms.